The molecule has 0 aliphatic carbocycles. The van der Waals surface area contributed by atoms with Gasteiger partial charge >= 0.3 is 6.18 Å². The van der Waals surface area contributed by atoms with Crippen LogP contribution in [0.5, 0.6) is 5.75 Å². The SMILES string of the molecule is CC[C@H](CNC(=O)C1CCOCC1)Oc1cccc(C(F)(F)F)c1. The molecule has 1 aliphatic rings. The van der Waals surface area contributed by atoms with E-state index in [2.05, 4.69) is 5.32 Å². The average molecular weight is 345 g/mol. The van der Waals surface area contributed by atoms with Crippen LogP contribution in [0.2, 0.25) is 0 Å². The summed E-state index contributed by atoms with van der Waals surface area (Å²) in [6.07, 6.45) is -2.83. The molecule has 1 aliphatic heterocycles. The van der Waals surface area contributed by atoms with Crippen LogP contribution in [0.1, 0.15) is 31.7 Å². The van der Waals surface area contributed by atoms with Crippen LogP contribution in [0, 0.1) is 5.92 Å². The maximum atomic E-state index is 12.7. The van der Waals surface area contributed by atoms with Crippen molar-refractivity contribution in [2.24, 2.45) is 5.92 Å². The average Bonchev–Trinajstić information content (AvgIpc) is 2.58. The van der Waals surface area contributed by atoms with Gasteiger partial charge in [0, 0.05) is 19.1 Å². The van der Waals surface area contributed by atoms with Crippen LogP contribution in [0.3, 0.4) is 0 Å². The Morgan fingerprint density at radius 3 is 2.71 bits per heavy atom. The summed E-state index contributed by atoms with van der Waals surface area (Å²) in [5, 5.41) is 2.83. The maximum Gasteiger partial charge on any atom is 0.416 e. The quantitative estimate of drug-likeness (QED) is 0.860. The molecule has 7 heteroatoms. The summed E-state index contributed by atoms with van der Waals surface area (Å²) in [6.45, 7) is 3.29. The van der Waals surface area contributed by atoms with E-state index >= 15 is 0 Å². The summed E-state index contributed by atoms with van der Waals surface area (Å²) in [7, 11) is 0. The van der Waals surface area contributed by atoms with E-state index in [1.165, 1.54) is 12.1 Å². The van der Waals surface area contributed by atoms with Crippen LogP contribution in [0.15, 0.2) is 24.3 Å². The first-order valence-electron chi connectivity index (χ1n) is 8.09. The zero-order valence-electron chi connectivity index (χ0n) is 13.6. The summed E-state index contributed by atoms with van der Waals surface area (Å²) in [5.41, 5.74) is -0.749. The lowest BCUT2D eigenvalue weighted by molar-refractivity contribution is -0.137. The van der Waals surface area contributed by atoms with Crippen LogP contribution in [-0.4, -0.2) is 31.8 Å². The number of alkyl halides is 3. The Balaban J connectivity index is 1.88. The third kappa shape index (κ3) is 5.40. The zero-order chi connectivity index (χ0) is 17.6. The highest BCUT2D eigenvalue weighted by molar-refractivity contribution is 5.78. The fraction of sp³-hybridized carbons (Fsp3) is 0.588. The van der Waals surface area contributed by atoms with Gasteiger partial charge in [0.05, 0.1) is 12.1 Å². The number of carbonyl (C=O) groups is 1. The lowest BCUT2D eigenvalue weighted by Crippen LogP contribution is -2.40. The van der Waals surface area contributed by atoms with Gasteiger partial charge in [-0.2, -0.15) is 13.2 Å². The van der Waals surface area contributed by atoms with Gasteiger partial charge in [-0.15, -0.1) is 0 Å². The third-order valence-electron chi connectivity index (χ3n) is 4.02. The smallest absolute Gasteiger partial charge is 0.416 e. The number of ether oxygens (including phenoxy) is 2. The molecular formula is C17H22F3NO3. The van der Waals surface area contributed by atoms with E-state index in [4.69, 9.17) is 9.47 Å². The zero-order valence-corrected chi connectivity index (χ0v) is 13.6. The highest BCUT2D eigenvalue weighted by atomic mass is 19.4. The lowest BCUT2D eigenvalue weighted by atomic mass is 9.99. The fourth-order valence-electron chi connectivity index (χ4n) is 2.53. The topological polar surface area (TPSA) is 47.6 Å². The highest BCUT2D eigenvalue weighted by Gasteiger charge is 2.30. The first-order chi connectivity index (χ1) is 11.4. The van der Waals surface area contributed by atoms with E-state index in [0.29, 0.717) is 32.5 Å². The largest absolute Gasteiger partial charge is 0.489 e. The predicted molar refractivity (Wildman–Crippen MR) is 82.7 cm³/mol. The molecule has 24 heavy (non-hydrogen) atoms. The summed E-state index contributed by atoms with van der Waals surface area (Å²) >= 11 is 0. The van der Waals surface area contributed by atoms with E-state index in [-0.39, 0.29) is 30.2 Å². The van der Waals surface area contributed by atoms with Gasteiger partial charge in [0.15, 0.2) is 0 Å². The number of amides is 1. The monoisotopic (exact) mass is 345 g/mol. The minimum absolute atomic E-state index is 0.0515. The van der Waals surface area contributed by atoms with Gasteiger partial charge in [-0.05, 0) is 37.5 Å². The van der Waals surface area contributed by atoms with Gasteiger partial charge in [0.25, 0.3) is 0 Å². The summed E-state index contributed by atoms with van der Waals surface area (Å²) < 4.78 is 49.0. The van der Waals surface area contributed by atoms with Crippen molar-refractivity contribution in [2.45, 2.75) is 38.5 Å². The van der Waals surface area contributed by atoms with E-state index in [1.54, 1.807) is 0 Å². The summed E-state index contributed by atoms with van der Waals surface area (Å²) in [6, 6.07) is 4.77. The van der Waals surface area contributed by atoms with Gasteiger partial charge < -0.3 is 14.8 Å². The van der Waals surface area contributed by atoms with Crippen LogP contribution in [0.4, 0.5) is 13.2 Å². The fourth-order valence-corrected chi connectivity index (χ4v) is 2.53. The molecule has 1 aromatic carbocycles. The molecule has 2 rings (SSSR count). The number of hydrogen-bond acceptors (Lipinski definition) is 3. The molecular weight excluding hydrogens is 323 g/mol. The molecule has 1 N–H and O–H groups in total. The number of nitrogens with one attached hydrogen (secondary N) is 1. The number of rotatable bonds is 6. The van der Waals surface area contributed by atoms with Crippen molar-refractivity contribution in [3.05, 3.63) is 29.8 Å². The second kappa shape index (κ2) is 8.37. The molecule has 0 bridgehead atoms. The number of hydrogen-bond donors (Lipinski definition) is 1. The Labute approximate surface area is 139 Å². The molecule has 1 aromatic rings. The van der Waals surface area contributed by atoms with Gasteiger partial charge in [-0.3, -0.25) is 4.79 Å². The van der Waals surface area contributed by atoms with Crippen molar-refractivity contribution in [1.82, 2.24) is 5.32 Å². The number of benzene rings is 1. The molecule has 0 saturated carbocycles. The van der Waals surface area contributed by atoms with Gasteiger partial charge in [-0.25, -0.2) is 0 Å². The van der Waals surface area contributed by atoms with Crippen molar-refractivity contribution in [1.29, 1.82) is 0 Å². The molecule has 0 aromatic heterocycles. The normalized spacial score (nSPS) is 17.3. The van der Waals surface area contributed by atoms with Crippen molar-refractivity contribution < 1.29 is 27.4 Å². The first kappa shape index (κ1) is 18.6. The molecule has 1 atom stereocenters. The van der Waals surface area contributed by atoms with E-state index in [0.717, 1.165) is 12.1 Å². The summed E-state index contributed by atoms with van der Waals surface area (Å²) in [5.74, 6) is 0.0335. The minimum atomic E-state index is -4.40. The Bertz CT molecular complexity index is 542. The highest BCUT2D eigenvalue weighted by Crippen LogP contribution is 2.31. The maximum absolute atomic E-state index is 12.7. The molecule has 1 heterocycles. The predicted octanol–water partition coefficient (Wildman–Crippen LogP) is 3.41. The molecule has 0 unspecified atom stereocenters. The Morgan fingerprint density at radius 2 is 2.08 bits per heavy atom. The van der Waals surface area contributed by atoms with Gasteiger partial charge in [-0.1, -0.05) is 13.0 Å². The second-order valence-corrected chi connectivity index (χ2v) is 5.81. The first-order valence-corrected chi connectivity index (χ1v) is 8.09. The molecule has 4 nitrogen and oxygen atoms in total. The van der Waals surface area contributed by atoms with Crippen LogP contribution in [0.25, 0.3) is 0 Å². The van der Waals surface area contributed by atoms with Crippen LogP contribution >= 0.6 is 0 Å². The Kier molecular flexibility index (Phi) is 6.48. The van der Waals surface area contributed by atoms with Crippen molar-refractivity contribution >= 4 is 5.91 Å². The summed E-state index contributed by atoms with van der Waals surface area (Å²) in [4.78, 5) is 12.1. The number of carbonyl (C=O) groups excluding carboxylic acids is 1. The standard InChI is InChI=1S/C17H22F3NO3/c1-2-14(11-21-16(22)12-6-8-23-9-7-12)24-15-5-3-4-13(10-15)17(18,19)20/h3-5,10,12,14H,2,6-9,11H2,1H3,(H,21,22)/t14-/m1/s1. The molecule has 1 amide bonds. The van der Waals surface area contributed by atoms with Gasteiger partial charge in [0.2, 0.25) is 5.91 Å². The van der Waals surface area contributed by atoms with Crippen molar-refractivity contribution in [3.8, 4) is 5.75 Å². The van der Waals surface area contributed by atoms with E-state index in [9.17, 15) is 18.0 Å². The molecule has 134 valence electrons. The minimum Gasteiger partial charge on any atom is -0.489 e. The lowest BCUT2D eigenvalue weighted by Gasteiger charge is -2.23. The Hall–Kier alpha value is -1.76. The van der Waals surface area contributed by atoms with Crippen LogP contribution in [-0.2, 0) is 15.7 Å². The van der Waals surface area contributed by atoms with E-state index in [1.807, 2.05) is 6.92 Å². The van der Waals surface area contributed by atoms with Crippen molar-refractivity contribution in [3.63, 3.8) is 0 Å². The molecule has 1 saturated heterocycles. The number of halogens is 3. The Morgan fingerprint density at radius 1 is 1.38 bits per heavy atom. The van der Waals surface area contributed by atoms with Gasteiger partial charge in [0.1, 0.15) is 11.9 Å². The molecule has 1 fully saturated rings. The molecule has 0 spiro atoms. The van der Waals surface area contributed by atoms with E-state index < -0.39 is 11.7 Å². The molecule has 0 radical (unpaired) electrons. The van der Waals surface area contributed by atoms with Crippen molar-refractivity contribution in [2.75, 3.05) is 19.8 Å². The third-order valence-corrected chi connectivity index (χ3v) is 4.02. The second-order valence-electron chi connectivity index (χ2n) is 5.81. The van der Waals surface area contributed by atoms with Crippen LogP contribution < -0.4 is 10.1 Å².